The molecule has 0 saturated carbocycles. The van der Waals surface area contributed by atoms with Crippen molar-refractivity contribution in [3.05, 3.63) is 89.2 Å². The highest BCUT2D eigenvalue weighted by atomic mass is 16.5. The number of carbonyl (C=O) groups excluding carboxylic acids is 3. The van der Waals surface area contributed by atoms with Gasteiger partial charge < -0.3 is 25.4 Å². The van der Waals surface area contributed by atoms with E-state index in [4.69, 9.17) is 9.47 Å². The second-order valence-electron chi connectivity index (χ2n) is 7.64. The van der Waals surface area contributed by atoms with Crippen LogP contribution in [0.15, 0.2) is 67.0 Å². The van der Waals surface area contributed by atoms with Crippen molar-refractivity contribution in [1.82, 2.24) is 20.9 Å². The van der Waals surface area contributed by atoms with Crippen molar-refractivity contribution in [2.45, 2.75) is 26.1 Å². The third-order valence-electron chi connectivity index (χ3n) is 5.33. The molecule has 3 N–H and O–H groups in total. The zero-order valence-corrected chi connectivity index (χ0v) is 19.8. The Morgan fingerprint density at radius 1 is 0.800 bits per heavy atom. The number of aromatic nitrogens is 1. The van der Waals surface area contributed by atoms with Crippen LogP contribution in [0.25, 0.3) is 0 Å². The normalized spacial score (nSPS) is 11.2. The predicted octanol–water partition coefficient (Wildman–Crippen LogP) is 2.46. The minimum absolute atomic E-state index is 0.0986. The Kier molecular flexibility index (Phi) is 8.77. The van der Waals surface area contributed by atoms with Crippen molar-refractivity contribution < 1.29 is 23.9 Å². The molecule has 9 nitrogen and oxygen atoms in total. The molecule has 3 rings (SSSR count). The molecule has 1 heterocycles. The molecular weight excluding hydrogens is 448 g/mol. The number of hydrogen-bond donors (Lipinski definition) is 3. The number of carbonyl (C=O) groups is 3. The van der Waals surface area contributed by atoms with E-state index in [0.29, 0.717) is 11.5 Å². The van der Waals surface area contributed by atoms with E-state index in [1.165, 1.54) is 18.5 Å². The van der Waals surface area contributed by atoms with Gasteiger partial charge >= 0.3 is 0 Å². The number of ether oxygens (including phenoxy) is 2. The fourth-order valence-corrected chi connectivity index (χ4v) is 3.42. The Morgan fingerprint density at radius 3 is 1.97 bits per heavy atom. The summed E-state index contributed by atoms with van der Waals surface area (Å²) in [6.07, 6.45) is 2.73. The zero-order valence-electron chi connectivity index (χ0n) is 19.8. The molecule has 0 bridgehead atoms. The molecule has 0 fully saturated rings. The summed E-state index contributed by atoms with van der Waals surface area (Å²) < 4.78 is 10.6. The molecule has 0 aliphatic rings. The largest absolute Gasteiger partial charge is 0.496 e. The first-order valence-corrected chi connectivity index (χ1v) is 11.0. The molecule has 0 spiro atoms. The smallest absolute Gasteiger partial charge is 0.253 e. The van der Waals surface area contributed by atoms with Crippen LogP contribution < -0.4 is 25.4 Å². The molecule has 0 saturated heterocycles. The van der Waals surface area contributed by atoms with Crippen LogP contribution in [0.4, 0.5) is 0 Å². The lowest BCUT2D eigenvalue weighted by atomic mass is 10.1. The van der Waals surface area contributed by atoms with Crippen molar-refractivity contribution in [2.24, 2.45) is 0 Å². The van der Waals surface area contributed by atoms with Crippen molar-refractivity contribution in [3.8, 4) is 11.5 Å². The molecule has 3 aromatic rings. The quantitative estimate of drug-likeness (QED) is 0.414. The van der Waals surface area contributed by atoms with Crippen LogP contribution in [0.1, 0.15) is 38.8 Å². The van der Waals surface area contributed by atoms with Crippen LogP contribution in [0.5, 0.6) is 11.5 Å². The van der Waals surface area contributed by atoms with Gasteiger partial charge in [0.2, 0.25) is 5.91 Å². The maximum Gasteiger partial charge on any atom is 0.253 e. The molecule has 35 heavy (non-hydrogen) atoms. The third kappa shape index (κ3) is 6.57. The molecule has 1 atom stereocenters. The van der Waals surface area contributed by atoms with E-state index in [-0.39, 0.29) is 30.1 Å². The van der Waals surface area contributed by atoms with E-state index in [1.807, 2.05) is 36.4 Å². The van der Waals surface area contributed by atoms with Crippen LogP contribution >= 0.6 is 0 Å². The number of nitrogens with one attached hydrogen (secondary N) is 3. The molecule has 182 valence electrons. The summed E-state index contributed by atoms with van der Waals surface area (Å²) in [6.45, 7) is 2.02. The van der Waals surface area contributed by atoms with Crippen molar-refractivity contribution in [3.63, 3.8) is 0 Å². The Labute approximate surface area is 203 Å². The minimum atomic E-state index is -0.838. The van der Waals surface area contributed by atoms with Gasteiger partial charge in [-0.25, -0.2) is 0 Å². The maximum absolute atomic E-state index is 12.9. The van der Waals surface area contributed by atoms with Crippen LogP contribution in [-0.4, -0.2) is 43.0 Å². The van der Waals surface area contributed by atoms with Gasteiger partial charge in [-0.05, 0) is 25.1 Å². The summed E-state index contributed by atoms with van der Waals surface area (Å²) in [6, 6.07) is 15.2. The molecule has 0 aliphatic carbocycles. The van der Waals surface area contributed by atoms with Crippen molar-refractivity contribution >= 4 is 17.7 Å². The van der Waals surface area contributed by atoms with E-state index in [1.54, 1.807) is 33.3 Å². The Bertz CT molecular complexity index is 1200. The summed E-state index contributed by atoms with van der Waals surface area (Å²) in [4.78, 5) is 42.2. The molecule has 3 amide bonds. The van der Waals surface area contributed by atoms with Gasteiger partial charge in [-0.3, -0.25) is 19.4 Å². The summed E-state index contributed by atoms with van der Waals surface area (Å²) in [7, 11) is 3.11. The predicted molar refractivity (Wildman–Crippen MR) is 130 cm³/mol. The van der Waals surface area contributed by atoms with Crippen molar-refractivity contribution in [2.75, 3.05) is 14.2 Å². The van der Waals surface area contributed by atoms with Gasteiger partial charge in [0.05, 0.1) is 25.3 Å². The number of hydrogen-bond acceptors (Lipinski definition) is 6. The zero-order chi connectivity index (χ0) is 25.2. The number of benzene rings is 2. The maximum atomic E-state index is 12.9. The van der Waals surface area contributed by atoms with E-state index < -0.39 is 17.9 Å². The average molecular weight is 477 g/mol. The number of nitrogens with zero attached hydrogens (tertiary/aromatic N) is 1. The van der Waals surface area contributed by atoms with Gasteiger partial charge in [-0.15, -0.1) is 0 Å². The SMILES string of the molecule is COc1ccccc1CNC(=O)c1cnccc1C(=O)NC(C)C(=O)NCc1ccccc1OC. The molecule has 0 radical (unpaired) electrons. The molecule has 9 heteroatoms. The second kappa shape index (κ2) is 12.2. The fraction of sp³-hybridized carbons (Fsp3) is 0.231. The molecular formula is C26H28N4O5. The topological polar surface area (TPSA) is 119 Å². The van der Waals surface area contributed by atoms with E-state index in [2.05, 4.69) is 20.9 Å². The van der Waals surface area contributed by atoms with Gasteiger partial charge in [0, 0.05) is 36.6 Å². The van der Waals surface area contributed by atoms with Gasteiger partial charge in [0.25, 0.3) is 11.8 Å². The van der Waals surface area contributed by atoms with Gasteiger partial charge in [-0.1, -0.05) is 36.4 Å². The van der Waals surface area contributed by atoms with Crippen LogP contribution in [0, 0.1) is 0 Å². The van der Waals surface area contributed by atoms with Crippen molar-refractivity contribution in [1.29, 1.82) is 0 Å². The second-order valence-corrected chi connectivity index (χ2v) is 7.64. The lowest BCUT2D eigenvalue weighted by Gasteiger charge is -2.16. The number of para-hydroxylation sites is 2. The van der Waals surface area contributed by atoms with E-state index in [9.17, 15) is 14.4 Å². The highest BCUT2D eigenvalue weighted by Gasteiger charge is 2.21. The average Bonchev–Trinajstić information content (AvgIpc) is 2.90. The lowest BCUT2D eigenvalue weighted by Crippen LogP contribution is -2.45. The molecule has 1 aromatic heterocycles. The number of rotatable bonds is 10. The van der Waals surface area contributed by atoms with E-state index >= 15 is 0 Å². The first-order chi connectivity index (χ1) is 16.9. The highest BCUT2D eigenvalue weighted by molar-refractivity contribution is 6.07. The first kappa shape index (κ1) is 25.2. The van der Waals surface area contributed by atoms with Crippen LogP contribution in [0.2, 0.25) is 0 Å². The fourth-order valence-electron chi connectivity index (χ4n) is 3.42. The monoisotopic (exact) mass is 476 g/mol. The van der Waals surface area contributed by atoms with Gasteiger partial charge in [0.15, 0.2) is 0 Å². The molecule has 0 aliphatic heterocycles. The summed E-state index contributed by atoms with van der Waals surface area (Å²) >= 11 is 0. The summed E-state index contributed by atoms with van der Waals surface area (Å²) in [5, 5.41) is 8.20. The van der Waals surface area contributed by atoms with Gasteiger partial charge in [0.1, 0.15) is 17.5 Å². The first-order valence-electron chi connectivity index (χ1n) is 11.0. The Morgan fingerprint density at radius 2 is 1.37 bits per heavy atom. The van der Waals surface area contributed by atoms with E-state index in [0.717, 1.165) is 11.1 Å². The van der Waals surface area contributed by atoms with Crippen LogP contribution in [0.3, 0.4) is 0 Å². The molecule has 2 aromatic carbocycles. The highest BCUT2D eigenvalue weighted by Crippen LogP contribution is 2.18. The van der Waals surface area contributed by atoms with Crippen LogP contribution in [-0.2, 0) is 17.9 Å². The number of pyridine rings is 1. The third-order valence-corrected chi connectivity index (χ3v) is 5.33. The Balaban J connectivity index is 1.62. The Hall–Kier alpha value is -4.40. The van der Waals surface area contributed by atoms with Gasteiger partial charge in [-0.2, -0.15) is 0 Å². The standard InChI is InChI=1S/C26H28N4O5/c1-17(24(31)28-14-18-8-4-6-10-22(18)34-2)30-26(33)20-12-13-27-16-21(20)25(32)29-15-19-9-5-7-11-23(19)35-3/h4-13,16-17H,14-15H2,1-3H3,(H,28,31)(H,29,32)(H,30,33). The lowest BCUT2D eigenvalue weighted by molar-refractivity contribution is -0.122. The number of amides is 3. The summed E-state index contributed by atoms with van der Waals surface area (Å²) in [5.41, 5.74) is 1.81. The minimum Gasteiger partial charge on any atom is -0.496 e. The molecule has 1 unspecified atom stereocenters. The number of methoxy groups -OCH3 is 2. The summed E-state index contributed by atoms with van der Waals surface area (Å²) in [5.74, 6) is -0.104.